The Morgan fingerprint density at radius 1 is 1.35 bits per heavy atom. The average Bonchev–Trinajstić information content (AvgIpc) is 3.16. The number of carboxylic acid groups (broad SMARTS) is 1. The molecule has 3 rings (SSSR count). The molecule has 0 bridgehead atoms. The summed E-state index contributed by atoms with van der Waals surface area (Å²) >= 11 is 5.98. The van der Waals surface area contributed by atoms with Crippen molar-refractivity contribution < 1.29 is 19.1 Å². The summed E-state index contributed by atoms with van der Waals surface area (Å²) < 4.78 is 15.8. The Hall–Kier alpha value is -3.20. The van der Waals surface area contributed by atoms with Gasteiger partial charge in [0, 0.05) is 24.5 Å². The molecular weight excluding hydrogens is 365 g/mol. The number of nitrogens with one attached hydrogen (secondary N) is 1. The molecule has 2 heterocycles. The molecule has 3 aromatic rings. The van der Waals surface area contributed by atoms with Gasteiger partial charge in [-0.1, -0.05) is 17.7 Å². The first-order chi connectivity index (χ1) is 12.3. The van der Waals surface area contributed by atoms with Crippen molar-refractivity contribution in [2.45, 2.75) is 6.54 Å². The lowest BCUT2D eigenvalue weighted by Crippen LogP contribution is -2.16. The first-order valence-electron chi connectivity index (χ1n) is 7.38. The number of aromatic carboxylic acids is 1. The van der Waals surface area contributed by atoms with Gasteiger partial charge in [-0.05, 0) is 17.7 Å². The third-order valence-electron chi connectivity index (χ3n) is 3.51. The lowest BCUT2D eigenvalue weighted by molar-refractivity contribution is 0.0692. The van der Waals surface area contributed by atoms with Crippen LogP contribution in [0, 0.1) is 5.82 Å². The zero-order chi connectivity index (χ0) is 18.8. The van der Waals surface area contributed by atoms with E-state index in [-0.39, 0.29) is 22.8 Å². The van der Waals surface area contributed by atoms with Gasteiger partial charge in [0.1, 0.15) is 11.4 Å². The molecule has 26 heavy (non-hydrogen) atoms. The highest BCUT2D eigenvalue weighted by molar-refractivity contribution is 6.31. The molecule has 0 fully saturated rings. The third kappa shape index (κ3) is 3.72. The Bertz CT molecular complexity index is 998. The zero-order valence-corrected chi connectivity index (χ0v) is 14.2. The predicted octanol–water partition coefficient (Wildman–Crippen LogP) is 2.41. The fourth-order valence-electron chi connectivity index (χ4n) is 2.34. The Balaban J connectivity index is 1.74. The van der Waals surface area contributed by atoms with E-state index in [1.165, 1.54) is 40.9 Å². The Morgan fingerprint density at radius 2 is 2.12 bits per heavy atom. The zero-order valence-electron chi connectivity index (χ0n) is 13.5. The molecule has 0 aliphatic carbocycles. The molecule has 0 aliphatic rings. The van der Waals surface area contributed by atoms with Crippen LogP contribution in [0.3, 0.4) is 0 Å². The number of benzene rings is 1. The lowest BCUT2D eigenvalue weighted by Gasteiger charge is -2.04. The Morgan fingerprint density at radius 3 is 2.81 bits per heavy atom. The molecule has 1 amide bonds. The van der Waals surface area contributed by atoms with Gasteiger partial charge >= 0.3 is 5.97 Å². The first kappa shape index (κ1) is 17.6. The molecule has 8 nitrogen and oxygen atoms in total. The van der Waals surface area contributed by atoms with Gasteiger partial charge in [-0.25, -0.2) is 9.18 Å². The molecule has 1 aromatic carbocycles. The SMILES string of the molecule is Cn1cc(C(=O)O)c(C(=O)Nc2cnn(Cc3ccc(F)cc3Cl)c2)n1. The number of carbonyl (C=O) groups excluding carboxylic acids is 1. The molecule has 0 saturated heterocycles. The van der Waals surface area contributed by atoms with E-state index < -0.39 is 17.7 Å². The summed E-state index contributed by atoms with van der Waals surface area (Å²) in [6.07, 6.45) is 4.19. The van der Waals surface area contributed by atoms with Gasteiger partial charge < -0.3 is 10.4 Å². The van der Waals surface area contributed by atoms with E-state index in [0.717, 1.165) is 0 Å². The van der Waals surface area contributed by atoms with Crippen LogP contribution in [0.15, 0.2) is 36.8 Å². The number of aromatic nitrogens is 4. The minimum absolute atomic E-state index is 0.199. The van der Waals surface area contributed by atoms with Crippen LogP contribution in [0.4, 0.5) is 10.1 Å². The fourth-order valence-corrected chi connectivity index (χ4v) is 2.57. The number of hydrogen-bond donors (Lipinski definition) is 2. The number of hydrogen-bond acceptors (Lipinski definition) is 4. The monoisotopic (exact) mass is 377 g/mol. The predicted molar refractivity (Wildman–Crippen MR) is 90.9 cm³/mol. The molecule has 0 aliphatic heterocycles. The van der Waals surface area contributed by atoms with Crippen LogP contribution in [0.25, 0.3) is 0 Å². The van der Waals surface area contributed by atoms with Gasteiger partial charge in [-0.15, -0.1) is 0 Å². The van der Waals surface area contributed by atoms with Crippen molar-refractivity contribution in [3.05, 3.63) is 64.5 Å². The summed E-state index contributed by atoms with van der Waals surface area (Å²) in [5.74, 6) is -2.34. The van der Waals surface area contributed by atoms with Gasteiger partial charge in [-0.3, -0.25) is 14.2 Å². The second-order valence-corrected chi connectivity index (χ2v) is 5.89. The van der Waals surface area contributed by atoms with E-state index in [1.54, 1.807) is 12.3 Å². The van der Waals surface area contributed by atoms with Crippen LogP contribution in [0.5, 0.6) is 0 Å². The van der Waals surface area contributed by atoms with Gasteiger partial charge in [0.15, 0.2) is 5.69 Å². The van der Waals surface area contributed by atoms with Crippen LogP contribution in [0.1, 0.15) is 26.4 Å². The number of halogens is 2. The molecular formula is C16H13ClFN5O3. The number of aryl methyl sites for hydroxylation is 1. The number of amides is 1. The number of rotatable bonds is 5. The average molecular weight is 378 g/mol. The third-order valence-corrected chi connectivity index (χ3v) is 3.86. The van der Waals surface area contributed by atoms with Crippen molar-refractivity contribution in [3.63, 3.8) is 0 Å². The maximum atomic E-state index is 13.1. The van der Waals surface area contributed by atoms with Crippen molar-refractivity contribution in [3.8, 4) is 0 Å². The highest BCUT2D eigenvalue weighted by atomic mass is 35.5. The van der Waals surface area contributed by atoms with Crippen LogP contribution >= 0.6 is 11.6 Å². The van der Waals surface area contributed by atoms with E-state index in [2.05, 4.69) is 15.5 Å². The molecule has 10 heteroatoms. The van der Waals surface area contributed by atoms with Gasteiger partial charge in [0.05, 0.1) is 18.4 Å². The van der Waals surface area contributed by atoms with Crippen molar-refractivity contribution >= 4 is 29.2 Å². The lowest BCUT2D eigenvalue weighted by atomic mass is 10.2. The van der Waals surface area contributed by atoms with E-state index in [1.807, 2.05) is 0 Å². The molecule has 2 N–H and O–H groups in total. The summed E-state index contributed by atoms with van der Waals surface area (Å²) in [6.45, 7) is 0.277. The maximum Gasteiger partial charge on any atom is 0.339 e. The Labute approximate surface area is 151 Å². The maximum absolute atomic E-state index is 13.1. The van der Waals surface area contributed by atoms with Gasteiger partial charge in [-0.2, -0.15) is 10.2 Å². The first-order valence-corrected chi connectivity index (χ1v) is 7.76. The van der Waals surface area contributed by atoms with Crippen molar-refractivity contribution in [1.29, 1.82) is 0 Å². The number of carboxylic acids is 1. The summed E-state index contributed by atoms with van der Waals surface area (Å²) in [7, 11) is 1.52. The van der Waals surface area contributed by atoms with Crippen LogP contribution in [-0.2, 0) is 13.6 Å². The normalized spacial score (nSPS) is 10.7. The van der Waals surface area contributed by atoms with E-state index in [0.29, 0.717) is 11.3 Å². The topological polar surface area (TPSA) is 102 Å². The standard InChI is InChI=1S/C16H13ClFN5O3/c1-22-8-12(16(25)26)14(21-22)15(24)20-11-5-19-23(7-11)6-9-2-3-10(18)4-13(9)17/h2-5,7-8H,6H2,1H3,(H,20,24)(H,25,26). The smallest absolute Gasteiger partial charge is 0.339 e. The number of nitrogens with zero attached hydrogens (tertiary/aromatic N) is 4. The molecule has 134 valence electrons. The molecule has 0 atom stereocenters. The van der Waals surface area contributed by atoms with Crippen molar-refractivity contribution in [2.75, 3.05) is 5.32 Å². The molecule has 0 saturated carbocycles. The van der Waals surface area contributed by atoms with Crippen LogP contribution in [-0.4, -0.2) is 36.5 Å². The molecule has 0 radical (unpaired) electrons. The summed E-state index contributed by atoms with van der Waals surface area (Å²) in [4.78, 5) is 23.4. The quantitative estimate of drug-likeness (QED) is 0.710. The highest BCUT2D eigenvalue weighted by Gasteiger charge is 2.21. The molecule has 2 aromatic heterocycles. The molecule has 0 unspecified atom stereocenters. The number of anilines is 1. The second kappa shape index (κ2) is 6.96. The van der Waals surface area contributed by atoms with E-state index >= 15 is 0 Å². The Kier molecular flexibility index (Phi) is 4.72. The summed E-state index contributed by atoms with van der Waals surface area (Å²) in [6, 6.07) is 4.05. The van der Waals surface area contributed by atoms with Gasteiger partial charge in [0.25, 0.3) is 5.91 Å². The second-order valence-electron chi connectivity index (χ2n) is 5.49. The minimum Gasteiger partial charge on any atom is -0.478 e. The van der Waals surface area contributed by atoms with Gasteiger partial charge in [0.2, 0.25) is 0 Å². The largest absolute Gasteiger partial charge is 0.478 e. The summed E-state index contributed by atoms with van der Waals surface area (Å²) in [5, 5.41) is 19.9. The van der Waals surface area contributed by atoms with Crippen LogP contribution in [0.2, 0.25) is 5.02 Å². The van der Waals surface area contributed by atoms with Crippen molar-refractivity contribution in [2.24, 2.45) is 7.05 Å². The van der Waals surface area contributed by atoms with Crippen LogP contribution < -0.4 is 5.32 Å². The molecule has 0 spiro atoms. The highest BCUT2D eigenvalue weighted by Crippen LogP contribution is 2.19. The van der Waals surface area contributed by atoms with E-state index in [4.69, 9.17) is 16.7 Å². The number of carbonyl (C=O) groups is 2. The fraction of sp³-hybridized carbons (Fsp3) is 0.125. The minimum atomic E-state index is -1.25. The summed E-state index contributed by atoms with van der Waals surface area (Å²) in [5.41, 5.74) is 0.618. The van der Waals surface area contributed by atoms with E-state index in [9.17, 15) is 14.0 Å². The van der Waals surface area contributed by atoms with Crippen molar-refractivity contribution in [1.82, 2.24) is 19.6 Å².